The maximum Gasteiger partial charge on any atom is 0.243 e. The molecule has 10 heteroatoms. The average Bonchev–Trinajstić information content (AvgIpc) is 2.74. The average molecular weight is 428 g/mol. The predicted octanol–water partition coefficient (Wildman–Crippen LogP) is 2.57. The normalized spacial score (nSPS) is 15.2. The summed E-state index contributed by atoms with van der Waals surface area (Å²) in [7, 11) is -3.68. The summed E-state index contributed by atoms with van der Waals surface area (Å²) in [5.74, 6) is 1.54. The van der Waals surface area contributed by atoms with E-state index in [1.165, 1.54) is 28.8 Å². The minimum atomic E-state index is -3.68. The Kier molecular flexibility index (Phi) is 5.60. The molecule has 0 unspecified atom stereocenters. The van der Waals surface area contributed by atoms with Gasteiger partial charge in [0.05, 0.1) is 4.90 Å². The quantitative estimate of drug-likeness (QED) is 0.668. The van der Waals surface area contributed by atoms with Gasteiger partial charge in [0.15, 0.2) is 0 Å². The first-order valence-corrected chi connectivity index (χ1v) is 10.9. The Hall–Kier alpha value is -3.11. The molecule has 30 heavy (non-hydrogen) atoms. The molecule has 0 bridgehead atoms. The Morgan fingerprint density at radius 3 is 2.47 bits per heavy atom. The molecule has 0 radical (unpaired) electrons. The van der Waals surface area contributed by atoms with E-state index in [2.05, 4.69) is 20.3 Å². The highest BCUT2D eigenvalue weighted by Gasteiger charge is 2.30. The van der Waals surface area contributed by atoms with Gasteiger partial charge in [-0.15, -0.1) is 0 Å². The SMILES string of the molecule is Cc1cc(F)ccc1S(=O)(=O)N1CCN(c2cc(Nc3ccccn3)ncn2)CC1. The van der Waals surface area contributed by atoms with Gasteiger partial charge in [-0.3, -0.25) is 0 Å². The summed E-state index contributed by atoms with van der Waals surface area (Å²) in [5.41, 5.74) is 0.401. The van der Waals surface area contributed by atoms with E-state index in [9.17, 15) is 12.8 Å². The van der Waals surface area contributed by atoms with Crippen LogP contribution < -0.4 is 10.2 Å². The summed E-state index contributed by atoms with van der Waals surface area (Å²) in [6.45, 7) is 3.20. The van der Waals surface area contributed by atoms with Gasteiger partial charge in [0.2, 0.25) is 10.0 Å². The van der Waals surface area contributed by atoms with E-state index in [0.29, 0.717) is 49.2 Å². The second-order valence-electron chi connectivity index (χ2n) is 6.90. The summed E-state index contributed by atoms with van der Waals surface area (Å²) in [6.07, 6.45) is 3.15. The van der Waals surface area contributed by atoms with Crippen molar-refractivity contribution in [1.29, 1.82) is 0 Å². The molecule has 0 spiro atoms. The molecule has 4 rings (SSSR count). The third-order valence-corrected chi connectivity index (χ3v) is 6.95. The standard InChI is InChI=1S/C20H21FN6O2S/c1-15-12-16(21)5-6-17(15)30(28,29)27-10-8-26(9-11-27)20-13-19(23-14-24-20)25-18-4-2-3-7-22-18/h2-7,12-14H,8-11H2,1H3,(H,22,23,24,25). The van der Waals surface area contributed by atoms with E-state index >= 15 is 0 Å². The van der Waals surface area contributed by atoms with Crippen LogP contribution in [0.1, 0.15) is 5.56 Å². The van der Waals surface area contributed by atoms with Crippen LogP contribution in [0.25, 0.3) is 0 Å². The van der Waals surface area contributed by atoms with Gasteiger partial charge in [-0.25, -0.2) is 27.8 Å². The number of hydrogen-bond acceptors (Lipinski definition) is 7. The van der Waals surface area contributed by atoms with Crippen molar-refractivity contribution in [3.05, 3.63) is 66.4 Å². The second-order valence-corrected chi connectivity index (χ2v) is 8.81. The number of pyridine rings is 1. The number of halogens is 1. The Morgan fingerprint density at radius 2 is 1.77 bits per heavy atom. The summed E-state index contributed by atoms with van der Waals surface area (Å²) >= 11 is 0. The van der Waals surface area contributed by atoms with E-state index in [0.717, 1.165) is 0 Å². The molecule has 1 aliphatic rings. The summed E-state index contributed by atoms with van der Waals surface area (Å²) < 4.78 is 40.7. The molecule has 0 saturated carbocycles. The molecule has 1 saturated heterocycles. The highest BCUT2D eigenvalue weighted by atomic mass is 32.2. The first kappa shape index (κ1) is 20.2. The molecule has 1 N–H and O–H groups in total. The zero-order valence-corrected chi connectivity index (χ0v) is 17.2. The zero-order chi connectivity index (χ0) is 21.1. The van der Waals surface area contributed by atoms with Gasteiger partial charge in [0.1, 0.15) is 29.6 Å². The van der Waals surface area contributed by atoms with Crippen LogP contribution in [-0.2, 0) is 10.0 Å². The molecule has 1 aliphatic heterocycles. The van der Waals surface area contributed by atoms with E-state index < -0.39 is 15.8 Å². The molecule has 1 aromatic carbocycles. The van der Waals surface area contributed by atoms with E-state index in [1.807, 2.05) is 29.2 Å². The Morgan fingerprint density at radius 1 is 0.967 bits per heavy atom. The third kappa shape index (κ3) is 4.24. The fourth-order valence-corrected chi connectivity index (χ4v) is 4.98. The molecule has 0 aliphatic carbocycles. The lowest BCUT2D eigenvalue weighted by molar-refractivity contribution is 0.383. The summed E-state index contributed by atoms with van der Waals surface area (Å²) in [6, 6.07) is 11.1. The van der Waals surface area contributed by atoms with Gasteiger partial charge in [-0.2, -0.15) is 4.31 Å². The van der Waals surface area contributed by atoms with Crippen LogP contribution in [0.3, 0.4) is 0 Å². The van der Waals surface area contributed by atoms with E-state index in [-0.39, 0.29) is 4.90 Å². The highest BCUT2D eigenvalue weighted by molar-refractivity contribution is 7.89. The van der Waals surface area contributed by atoms with Gasteiger partial charge < -0.3 is 10.2 Å². The molecule has 0 atom stereocenters. The van der Waals surface area contributed by atoms with Gasteiger partial charge in [0, 0.05) is 38.4 Å². The molecular formula is C20H21FN6O2S. The minimum Gasteiger partial charge on any atom is -0.354 e. The van der Waals surface area contributed by atoms with Crippen LogP contribution in [0.2, 0.25) is 0 Å². The second kappa shape index (κ2) is 8.33. The van der Waals surface area contributed by atoms with Crippen LogP contribution in [0.15, 0.2) is 59.9 Å². The fourth-order valence-electron chi connectivity index (χ4n) is 3.36. The Bertz CT molecular complexity index is 1140. The number of benzene rings is 1. The molecular weight excluding hydrogens is 407 g/mol. The summed E-state index contributed by atoms with van der Waals surface area (Å²) in [4.78, 5) is 14.9. The van der Waals surface area contributed by atoms with Crippen molar-refractivity contribution in [1.82, 2.24) is 19.3 Å². The number of aryl methyl sites for hydroxylation is 1. The number of anilines is 3. The monoisotopic (exact) mass is 428 g/mol. The first-order chi connectivity index (χ1) is 14.4. The van der Waals surface area contributed by atoms with Crippen molar-refractivity contribution in [2.45, 2.75) is 11.8 Å². The predicted molar refractivity (Wildman–Crippen MR) is 112 cm³/mol. The first-order valence-electron chi connectivity index (χ1n) is 9.45. The van der Waals surface area contributed by atoms with Crippen LogP contribution in [0, 0.1) is 12.7 Å². The molecule has 8 nitrogen and oxygen atoms in total. The third-order valence-electron chi connectivity index (χ3n) is 4.89. The molecule has 3 aromatic rings. The number of nitrogens with one attached hydrogen (secondary N) is 1. The smallest absolute Gasteiger partial charge is 0.243 e. The highest BCUT2D eigenvalue weighted by Crippen LogP contribution is 2.24. The topological polar surface area (TPSA) is 91.3 Å². The largest absolute Gasteiger partial charge is 0.354 e. The maximum absolute atomic E-state index is 13.4. The van der Waals surface area contributed by atoms with Crippen LogP contribution in [0.4, 0.5) is 21.8 Å². The number of hydrogen-bond donors (Lipinski definition) is 1. The van der Waals surface area contributed by atoms with Gasteiger partial charge in [0.25, 0.3) is 0 Å². The Balaban J connectivity index is 1.45. The van der Waals surface area contributed by atoms with Crippen molar-refractivity contribution in [2.24, 2.45) is 0 Å². The molecule has 2 aromatic heterocycles. The lowest BCUT2D eigenvalue weighted by atomic mass is 10.2. The van der Waals surface area contributed by atoms with Crippen molar-refractivity contribution in [3.8, 4) is 0 Å². The van der Waals surface area contributed by atoms with E-state index in [1.54, 1.807) is 13.1 Å². The summed E-state index contributed by atoms with van der Waals surface area (Å²) in [5, 5.41) is 3.12. The molecule has 156 valence electrons. The fraction of sp³-hybridized carbons (Fsp3) is 0.250. The van der Waals surface area contributed by atoms with Gasteiger partial charge in [-0.1, -0.05) is 6.07 Å². The van der Waals surface area contributed by atoms with Crippen molar-refractivity contribution >= 4 is 27.5 Å². The maximum atomic E-state index is 13.4. The minimum absolute atomic E-state index is 0.140. The van der Waals surface area contributed by atoms with Crippen molar-refractivity contribution in [2.75, 3.05) is 36.4 Å². The van der Waals surface area contributed by atoms with Crippen LogP contribution in [0.5, 0.6) is 0 Å². The molecule has 3 heterocycles. The lowest BCUT2D eigenvalue weighted by Crippen LogP contribution is -2.49. The molecule has 1 fully saturated rings. The van der Waals surface area contributed by atoms with Crippen LogP contribution >= 0.6 is 0 Å². The van der Waals surface area contributed by atoms with Crippen molar-refractivity contribution in [3.63, 3.8) is 0 Å². The van der Waals surface area contributed by atoms with Gasteiger partial charge >= 0.3 is 0 Å². The van der Waals surface area contributed by atoms with E-state index in [4.69, 9.17) is 0 Å². The number of rotatable bonds is 5. The number of piperazine rings is 1. The number of nitrogens with zero attached hydrogens (tertiary/aromatic N) is 5. The van der Waals surface area contributed by atoms with Crippen LogP contribution in [-0.4, -0.2) is 53.9 Å². The number of aromatic nitrogens is 3. The molecule has 0 amide bonds. The van der Waals surface area contributed by atoms with Gasteiger partial charge in [-0.05, 0) is 42.8 Å². The Labute approximate surface area is 174 Å². The number of sulfonamides is 1. The van der Waals surface area contributed by atoms with Crippen molar-refractivity contribution < 1.29 is 12.8 Å². The zero-order valence-electron chi connectivity index (χ0n) is 16.4. The lowest BCUT2D eigenvalue weighted by Gasteiger charge is -2.34.